The molecule has 6 aromatic carbocycles. The van der Waals surface area contributed by atoms with Crippen LogP contribution in [0, 0.1) is 0 Å². The zero-order valence-electron chi connectivity index (χ0n) is 45.5. The minimum Gasteiger partial charge on any atom is -0.334 e. The Morgan fingerprint density at radius 1 is 0.479 bits per heavy atom. The number of nitrogens with zero attached hydrogens (tertiary/aromatic N) is 3. The van der Waals surface area contributed by atoms with E-state index >= 15 is 0 Å². The van der Waals surface area contributed by atoms with Gasteiger partial charge in [0.25, 0.3) is 6.71 Å². The number of rotatable bonds is 3. The Bertz CT molecular complexity index is 3330. The van der Waals surface area contributed by atoms with Crippen LogP contribution in [0.3, 0.4) is 0 Å². The van der Waals surface area contributed by atoms with Crippen LogP contribution in [0.1, 0.15) is 176 Å². The minimum absolute atomic E-state index is 0.0186. The molecule has 0 saturated heterocycles. The van der Waals surface area contributed by atoms with Crippen molar-refractivity contribution >= 4 is 89.3 Å². The van der Waals surface area contributed by atoms with Gasteiger partial charge in [-0.05, 0) is 165 Å². The first-order valence-electron chi connectivity index (χ1n) is 27.0. The normalized spacial score (nSPS) is 21.9. The van der Waals surface area contributed by atoms with Gasteiger partial charge in [-0.3, -0.25) is 0 Å². The summed E-state index contributed by atoms with van der Waals surface area (Å²) in [5.41, 5.74) is 21.8. The third kappa shape index (κ3) is 6.79. The van der Waals surface area contributed by atoms with E-state index in [0.29, 0.717) is 0 Å². The van der Waals surface area contributed by atoms with Crippen molar-refractivity contribution in [1.29, 1.82) is 0 Å². The molecule has 0 N–H and O–H groups in total. The maximum Gasteiger partial charge on any atom is 0.264 e. The number of hydrogen-bond acceptors (Lipinski definition) is 4. The number of benzene rings is 6. The van der Waals surface area contributed by atoms with Crippen molar-refractivity contribution in [2.24, 2.45) is 0 Å². The first kappa shape index (κ1) is 46.8. The van der Waals surface area contributed by atoms with Crippen molar-refractivity contribution < 1.29 is 0 Å². The summed E-state index contributed by atoms with van der Waals surface area (Å²) in [6.45, 7) is 36.3. The lowest BCUT2D eigenvalue weighted by Gasteiger charge is -2.51. The van der Waals surface area contributed by atoms with Crippen LogP contribution < -0.4 is 30.4 Å². The van der Waals surface area contributed by atoms with Crippen LogP contribution >= 0.6 is 11.3 Å². The largest absolute Gasteiger partial charge is 0.334 e. The summed E-state index contributed by atoms with van der Waals surface area (Å²) in [6.07, 6.45) is 7.23. The molecule has 0 spiro atoms. The topological polar surface area (TPSA) is 9.72 Å². The zero-order chi connectivity index (χ0) is 50.2. The fraction of sp³-hybridized carbons (Fsp3) is 0.424. The Kier molecular flexibility index (Phi) is 9.99. The van der Waals surface area contributed by atoms with Gasteiger partial charge in [-0.1, -0.05) is 164 Å². The highest BCUT2D eigenvalue weighted by atomic mass is 32.1. The van der Waals surface area contributed by atoms with Gasteiger partial charge in [-0.2, -0.15) is 0 Å². The number of hydrogen-bond donors (Lipinski definition) is 0. The zero-order valence-corrected chi connectivity index (χ0v) is 46.4. The van der Waals surface area contributed by atoms with Gasteiger partial charge in [0.1, 0.15) is 0 Å². The van der Waals surface area contributed by atoms with Crippen molar-refractivity contribution in [3.63, 3.8) is 0 Å². The number of para-hydroxylation sites is 1. The molecule has 0 radical (unpaired) electrons. The second-order valence-corrected chi connectivity index (χ2v) is 28.3. The van der Waals surface area contributed by atoms with Crippen LogP contribution in [0.25, 0.3) is 10.1 Å². The first-order chi connectivity index (χ1) is 33.3. The highest BCUT2D eigenvalue weighted by molar-refractivity contribution is 7.33. The molecule has 0 bridgehead atoms. The second-order valence-electron chi connectivity index (χ2n) is 27.3. The molecule has 12 rings (SSSR count). The van der Waals surface area contributed by atoms with Crippen LogP contribution in [-0.2, 0) is 32.5 Å². The third-order valence-electron chi connectivity index (χ3n) is 18.7. The quantitative estimate of drug-likeness (QED) is 0.163. The summed E-state index contributed by atoms with van der Waals surface area (Å²) >= 11 is 2.06. The van der Waals surface area contributed by atoms with Crippen molar-refractivity contribution in [2.45, 2.75) is 180 Å². The van der Waals surface area contributed by atoms with Crippen LogP contribution in [0.15, 0.2) is 115 Å². The summed E-state index contributed by atoms with van der Waals surface area (Å²) in [5, 5.41) is 1.39. The molecule has 7 aromatic rings. The average molecular weight is 954 g/mol. The van der Waals surface area contributed by atoms with E-state index in [0.717, 1.165) is 6.42 Å². The van der Waals surface area contributed by atoms with Gasteiger partial charge in [0.2, 0.25) is 0 Å². The molecule has 71 heavy (non-hydrogen) atoms. The molecule has 1 fully saturated rings. The van der Waals surface area contributed by atoms with Crippen molar-refractivity contribution in [1.82, 2.24) is 0 Å². The summed E-state index contributed by atoms with van der Waals surface area (Å²) in [6, 6.07) is 46.7. The molecule has 2 aliphatic carbocycles. The second kappa shape index (κ2) is 15.2. The Morgan fingerprint density at radius 2 is 1.08 bits per heavy atom. The van der Waals surface area contributed by atoms with Crippen LogP contribution in [0.4, 0.5) is 45.5 Å². The van der Waals surface area contributed by atoms with Crippen molar-refractivity contribution in [3.05, 3.63) is 149 Å². The van der Waals surface area contributed by atoms with Crippen LogP contribution in [0.5, 0.6) is 0 Å². The molecule has 364 valence electrons. The molecule has 1 saturated carbocycles. The van der Waals surface area contributed by atoms with E-state index < -0.39 is 0 Å². The lowest BCUT2D eigenvalue weighted by molar-refractivity contribution is 0.195. The fourth-order valence-electron chi connectivity index (χ4n) is 14.0. The lowest BCUT2D eigenvalue weighted by Crippen LogP contribution is -2.60. The Balaban J connectivity index is 1.24. The molecule has 5 aliphatic rings. The van der Waals surface area contributed by atoms with Crippen LogP contribution in [0.2, 0.25) is 0 Å². The predicted molar refractivity (Wildman–Crippen MR) is 310 cm³/mol. The van der Waals surface area contributed by atoms with Gasteiger partial charge in [-0.25, -0.2) is 0 Å². The van der Waals surface area contributed by atoms with E-state index in [1.807, 2.05) is 0 Å². The lowest BCUT2D eigenvalue weighted by atomic mass is 9.36. The van der Waals surface area contributed by atoms with E-state index in [2.05, 4.69) is 245 Å². The molecule has 5 heteroatoms. The van der Waals surface area contributed by atoms with Gasteiger partial charge in [0.05, 0.1) is 11.2 Å². The summed E-state index contributed by atoms with van der Waals surface area (Å²) in [5.74, 6) is 0. The molecule has 2 atom stereocenters. The highest BCUT2D eigenvalue weighted by Gasteiger charge is 2.58. The predicted octanol–water partition coefficient (Wildman–Crippen LogP) is 17.0. The standard InChI is InChI=1S/C66H76BN3S/c1-60(2,3)41-25-28-44(29-26-41)69-55-38-46(70-52-24-17-16-23-48(52)65(14)31-18-19-32-66(65,70)15)37-54-57(55)67(59-58(69)47-39-49-50(40-56(47)71-59)64(12,13)34-33-63(49,10)11)51-30-27-43(62(7,8)9)36-53(51)68(54)45-22-20-21-42(35-45)61(4,5)6/h16-17,20-30,35-40H,18-19,31-34H2,1-15H3. The summed E-state index contributed by atoms with van der Waals surface area (Å²) < 4.78 is 2.85. The van der Waals surface area contributed by atoms with E-state index in [9.17, 15) is 0 Å². The van der Waals surface area contributed by atoms with Gasteiger partial charge >= 0.3 is 0 Å². The SMILES string of the molecule is CC(C)(C)c1ccc(N2c3cc(N4c5ccccc5C5(C)CCCCC45C)cc4c3B(c3ccc(C(C)(C)C)cc3N4c3cccc(C(C)(C)C)c3)c3sc4cc5c(cc4c32)C(C)(C)CCC5(C)C)cc1. The van der Waals surface area contributed by atoms with Gasteiger partial charge < -0.3 is 14.7 Å². The Labute approximate surface area is 430 Å². The Morgan fingerprint density at radius 3 is 1.76 bits per heavy atom. The van der Waals surface area contributed by atoms with Gasteiger partial charge in [0, 0.05) is 60.1 Å². The smallest absolute Gasteiger partial charge is 0.264 e. The van der Waals surface area contributed by atoms with Gasteiger partial charge in [0.15, 0.2) is 0 Å². The minimum atomic E-state index is -0.107. The molecule has 3 aliphatic heterocycles. The maximum absolute atomic E-state index is 2.82. The molecule has 2 unspecified atom stereocenters. The van der Waals surface area contributed by atoms with Crippen molar-refractivity contribution in [3.8, 4) is 0 Å². The van der Waals surface area contributed by atoms with E-state index in [1.165, 1.54) is 137 Å². The molecular weight excluding hydrogens is 878 g/mol. The van der Waals surface area contributed by atoms with Crippen LogP contribution in [-0.4, -0.2) is 12.3 Å². The third-order valence-corrected chi connectivity index (χ3v) is 19.9. The molecule has 3 nitrogen and oxygen atoms in total. The maximum atomic E-state index is 2.82. The molecule has 0 amide bonds. The number of thiophene rings is 1. The number of fused-ring (bicyclic) bond motifs is 10. The number of anilines is 8. The highest BCUT2D eigenvalue weighted by Crippen LogP contribution is 2.62. The van der Waals surface area contributed by atoms with E-state index in [1.54, 1.807) is 0 Å². The van der Waals surface area contributed by atoms with Crippen molar-refractivity contribution in [2.75, 3.05) is 14.7 Å². The van der Waals surface area contributed by atoms with E-state index in [-0.39, 0.29) is 44.7 Å². The monoisotopic (exact) mass is 954 g/mol. The first-order valence-corrected chi connectivity index (χ1v) is 27.8. The average Bonchev–Trinajstić information content (AvgIpc) is 3.78. The molecular formula is C66H76BN3S. The molecule has 4 heterocycles. The van der Waals surface area contributed by atoms with E-state index in [4.69, 9.17) is 0 Å². The summed E-state index contributed by atoms with van der Waals surface area (Å²) in [4.78, 5) is 8.24. The summed E-state index contributed by atoms with van der Waals surface area (Å²) in [7, 11) is 0. The molecule has 1 aromatic heterocycles. The Hall–Kier alpha value is -5.26. The fourth-order valence-corrected chi connectivity index (χ4v) is 15.3. The van der Waals surface area contributed by atoms with Gasteiger partial charge in [-0.15, -0.1) is 11.3 Å².